The van der Waals surface area contributed by atoms with Gasteiger partial charge in [0.2, 0.25) is 0 Å². The molecule has 0 unspecified atom stereocenters. The zero-order valence-electron chi connectivity index (χ0n) is 29.6. The zero-order chi connectivity index (χ0) is 35.8. The van der Waals surface area contributed by atoms with Crippen LogP contribution in [0.2, 0.25) is 0 Å². The van der Waals surface area contributed by atoms with Crippen molar-refractivity contribution in [2.45, 2.75) is 0 Å². The minimum Gasteiger partial charge on any atom is -0.308 e. The molecule has 2 heteroatoms. The van der Waals surface area contributed by atoms with Crippen LogP contribution in [-0.2, 0) is 0 Å². The maximum Gasteiger partial charge on any atom is 0.0640 e. The van der Waals surface area contributed by atoms with E-state index in [0.29, 0.717) is 0 Å². The standard InChI is InChI=1S/C52H35NS/c1-2-14-38(15-3-1)46-21-6-8-24-49(46)53(50-25-12-23-48-47-22-7-9-26-51(47)54-52(48)50)45-31-29-37(30-32-45)40-17-10-18-41(33-40)42-19-11-20-43(35-42)44-28-27-36-13-4-5-16-39(36)34-44/h1-35H. The summed E-state index contributed by atoms with van der Waals surface area (Å²) in [7, 11) is 0. The molecule has 1 nitrogen and oxygen atoms in total. The second-order valence-corrected chi connectivity index (χ2v) is 14.8. The molecule has 0 fully saturated rings. The first kappa shape index (κ1) is 32.0. The van der Waals surface area contributed by atoms with Gasteiger partial charge >= 0.3 is 0 Å². The van der Waals surface area contributed by atoms with Gasteiger partial charge in [-0.25, -0.2) is 0 Å². The summed E-state index contributed by atoms with van der Waals surface area (Å²) in [5, 5.41) is 5.10. The molecule has 10 rings (SSSR count). The van der Waals surface area contributed by atoms with Gasteiger partial charge in [-0.1, -0.05) is 164 Å². The van der Waals surface area contributed by atoms with Gasteiger partial charge in [-0.2, -0.15) is 0 Å². The van der Waals surface area contributed by atoms with E-state index in [-0.39, 0.29) is 0 Å². The van der Waals surface area contributed by atoms with Gasteiger partial charge in [0, 0.05) is 26.7 Å². The van der Waals surface area contributed by atoms with Crippen molar-refractivity contribution in [1.29, 1.82) is 0 Å². The predicted molar refractivity (Wildman–Crippen MR) is 233 cm³/mol. The lowest BCUT2D eigenvalue weighted by atomic mass is 9.95. The fraction of sp³-hybridized carbons (Fsp3) is 0. The molecule has 1 heterocycles. The third-order valence-electron chi connectivity index (χ3n) is 10.5. The second kappa shape index (κ2) is 13.7. The fourth-order valence-corrected chi connectivity index (χ4v) is 8.98. The SMILES string of the molecule is c1ccc(-c2ccccc2N(c2ccc(-c3cccc(-c4cccc(-c5ccc6ccccc6c5)c4)c3)cc2)c2cccc3c2sc2ccccc23)cc1. The molecule has 9 aromatic carbocycles. The lowest BCUT2D eigenvalue weighted by molar-refractivity contribution is 1.30. The summed E-state index contributed by atoms with van der Waals surface area (Å²) >= 11 is 1.87. The van der Waals surface area contributed by atoms with Gasteiger partial charge in [0.05, 0.1) is 16.1 Å². The van der Waals surface area contributed by atoms with Gasteiger partial charge in [0.1, 0.15) is 0 Å². The monoisotopic (exact) mass is 705 g/mol. The molecule has 0 saturated heterocycles. The molecule has 0 bridgehead atoms. The number of hydrogen-bond donors (Lipinski definition) is 0. The second-order valence-electron chi connectivity index (χ2n) is 13.7. The van der Waals surface area contributed by atoms with Crippen LogP contribution in [0.4, 0.5) is 17.1 Å². The van der Waals surface area contributed by atoms with E-state index in [1.54, 1.807) is 0 Å². The van der Waals surface area contributed by atoms with E-state index < -0.39 is 0 Å². The van der Waals surface area contributed by atoms with E-state index in [1.165, 1.54) is 81.1 Å². The maximum absolute atomic E-state index is 2.44. The lowest BCUT2D eigenvalue weighted by Gasteiger charge is -2.28. The maximum atomic E-state index is 2.44. The Morgan fingerprint density at radius 3 is 1.63 bits per heavy atom. The quantitative estimate of drug-likeness (QED) is 0.160. The molecule has 10 aromatic rings. The molecule has 0 N–H and O–H groups in total. The summed E-state index contributed by atoms with van der Waals surface area (Å²) in [5.41, 5.74) is 13.1. The third kappa shape index (κ3) is 5.84. The number of anilines is 3. The molecule has 0 amide bonds. The molecular formula is C52H35NS. The number of fused-ring (bicyclic) bond motifs is 4. The topological polar surface area (TPSA) is 3.24 Å². The van der Waals surface area contributed by atoms with E-state index in [4.69, 9.17) is 0 Å². The summed E-state index contributed by atoms with van der Waals surface area (Å²) < 4.78 is 2.58. The van der Waals surface area contributed by atoms with Crippen molar-refractivity contribution >= 4 is 59.3 Å². The van der Waals surface area contributed by atoms with Gasteiger partial charge in [0.15, 0.2) is 0 Å². The van der Waals surface area contributed by atoms with Crippen molar-refractivity contribution in [2.24, 2.45) is 0 Å². The molecule has 254 valence electrons. The van der Waals surface area contributed by atoms with Crippen LogP contribution in [0.15, 0.2) is 212 Å². The first-order valence-electron chi connectivity index (χ1n) is 18.4. The minimum atomic E-state index is 1.12. The van der Waals surface area contributed by atoms with Gasteiger partial charge in [-0.3, -0.25) is 0 Å². The molecule has 0 spiro atoms. The molecule has 0 aliphatic carbocycles. The van der Waals surface area contributed by atoms with Crippen LogP contribution in [-0.4, -0.2) is 0 Å². The Balaban J connectivity index is 1.05. The smallest absolute Gasteiger partial charge is 0.0640 e. The number of thiophene rings is 1. The van der Waals surface area contributed by atoms with E-state index in [2.05, 4.69) is 217 Å². The Labute approximate surface area is 319 Å². The first-order chi connectivity index (χ1) is 26.8. The van der Waals surface area contributed by atoms with Crippen LogP contribution in [0, 0.1) is 0 Å². The van der Waals surface area contributed by atoms with Gasteiger partial charge in [-0.05, 0) is 98.2 Å². The number of para-hydroxylation sites is 1. The van der Waals surface area contributed by atoms with Crippen molar-refractivity contribution in [3.05, 3.63) is 212 Å². The van der Waals surface area contributed by atoms with Crippen molar-refractivity contribution in [3.63, 3.8) is 0 Å². The third-order valence-corrected chi connectivity index (χ3v) is 11.7. The van der Waals surface area contributed by atoms with Gasteiger partial charge < -0.3 is 4.90 Å². The molecule has 0 aliphatic heterocycles. The van der Waals surface area contributed by atoms with Crippen LogP contribution >= 0.6 is 11.3 Å². The normalized spacial score (nSPS) is 11.3. The lowest BCUT2D eigenvalue weighted by Crippen LogP contribution is -2.11. The van der Waals surface area contributed by atoms with E-state index in [0.717, 1.165) is 11.4 Å². The predicted octanol–water partition coefficient (Wildman–Crippen LogP) is 15.3. The van der Waals surface area contributed by atoms with Crippen molar-refractivity contribution in [1.82, 2.24) is 0 Å². The van der Waals surface area contributed by atoms with Crippen LogP contribution in [0.1, 0.15) is 0 Å². The highest BCUT2D eigenvalue weighted by Gasteiger charge is 2.21. The Bertz CT molecular complexity index is 2940. The van der Waals surface area contributed by atoms with Crippen LogP contribution in [0.3, 0.4) is 0 Å². The van der Waals surface area contributed by atoms with Crippen LogP contribution in [0.5, 0.6) is 0 Å². The summed E-state index contributed by atoms with van der Waals surface area (Å²) in [5.74, 6) is 0. The number of nitrogens with zero attached hydrogens (tertiary/aromatic N) is 1. The number of benzene rings is 9. The average molecular weight is 706 g/mol. The van der Waals surface area contributed by atoms with Crippen molar-refractivity contribution < 1.29 is 0 Å². The van der Waals surface area contributed by atoms with Crippen LogP contribution < -0.4 is 4.90 Å². The highest BCUT2D eigenvalue weighted by Crippen LogP contribution is 2.47. The molecule has 0 saturated carbocycles. The largest absolute Gasteiger partial charge is 0.308 e. The fourth-order valence-electron chi connectivity index (χ4n) is 7.78. The number of rotatable bonds is 7. The summed E-state index contributed by atoms with van der Waals surface area (Å²) in [6, 6.07) is 77.1. The summed E-state index contributed by atoms with van der Waals surface area (Å²) in [4.78, 5) is 2.44. The Kier molecular flexibility index (Phi) is 8.09. The van der Waals surface area contributed by atoms with Gasteiger partial charge in [0.25, 0.3) is 0 Å². The average Bonchev–Trinajstić information content (AvgIpc) is 3.64. The van der Waals surface area contributed by atoms with Crippen LogP contribution in [0.25, 0.3) is 75.5 Å². The van der Waals surface area contributed by atoms with Crippen molar-refractivity contribution in [2.75, 3.05) is 4.90 Å². The van der Waals surface area contributed by atoms with E-state index >= 15 is 0 Å². The Hall–Kier alpha value is -6.74. The summed E-state index contributed by atoms with van der Waals surface area (Å²) in [6.07, 6.45) is 0. The highest BCUT2D eigenvalue weighted by molar-refractivity contribution is 7.26. The minimum absolute atomic E-state index is 1.12. The molecule has 0 atom stereocenters. The summed E-state index contributed by atoms with van der Waals surface area (Å²) in [6.45, 7) is 0. The van der Waals surface area contributed by atoms with Gasteiger partial charge in [-0.15, -0.1) is 11.3 Å². The van der Waals surface area contributed by atoms with Crippen molar-refractivity contribution in [3.8, 4) is 44.5 Å². The zero-order valence-corrected chi connectivity index (χ0v) is 30.4. The first-order valence-corrected chi connectivity index (χ1v) is 19.2. The molecule has 0 radical (unpaired) electrons. The molecular weight excluding hydrogens is 671 g/mol. The molecule has 54 heavy (non-hydrogen) atoms. The molecule has 0 aliphatic rings. The van der Waals surface area contributed by atoms with E-state index in [1.807, 2.05) is 11.3 Å². The number of hydrogen-bond acceptors (Lipinski definition) is 2. The Morgan fingerprint density at radius 2 is 0.852 bits per heavy atom. The molecule has 1 aromatic heterocycles. The van der Waals surface area contributed by atoms with E-state index in [9.17, 15) is 0 Å². The Morgan fingerprint density at radius 1 is 0.315 bits per heavy atom. The highest BCUT2D eigenvalue weighted by atomic mass is 32.1.